The smallest absolute Gasteiger partial charge is 0.258 e. The highest BCUT2D eigenvalue weighted by Gasteiger charge is 2.27. The lowest BCUT2D eigenvalue weighted by atomic mass is 9.85. The summed E-state index contributed by atoms with van der Waals surface area (Å²) in [6.45, 7) is 0.144. The Morgan fingerprint density at radius 3 is 2.57 bits per heavy atom. The van der Waals surface area contributed by atoms with Crippen LogP contribution in [0.5, 0.6) is 5.75 Å². The van der Waals surface area contributed by atoms with Crippen LogP contribution in [0.1, 0.15) is 31.4 Å². The topological polar surface area (TPSA) is 80.3 Å². The minimum absolute atomic E-state index is 0.00275. The van der Waals surface area contributed by atoms with Crippen LogP contribution in [0.3, 0.4) is 0 Å². The molecule has 1 aliphatic rings. The standard InChI is InChI=1S/C21H22Cl2FN3O3/c22-14-3-6-16(25-10-14)11-26-21(29)13-1-4-15(5-2-13)27-20(28)12-30-17-7-8-18(23)19(24)9-17/h3,6-10,13,15H,1-2,4-5,11-12H2,(H,26,29)(H,27,28). The number of pyridine rings is 1. The molecule has 1 aliphatic carbocycles. The van der Waals surface area contributed by atoms with Gasteiger partial charge in [-0.1, -0.05) is 23.2 Å². The number of hydrogen-bond acceptors (Lipinski definition) is 4. The van der Waals surface area contributed by atoms with E-state index in [9.17, 15) is 14.0 Å². The van der Waals surface area contributed by atoms with E-state index in [1.165, 1.54) is 12.1 Å². The molecule has 0 saturated heterocycles. The predicted octanol–water partition coefficient (Wildman–Crippen LogP) is 3.90. The summed E-state index contributed by atoms with van der Waals surface area (Å²) < 4.78 is 18.7. The summed E-state index contributed by atoms with van der Waals surface area (Å²) in [5.41, 5.74) is 0.745. The van der Waals surface area contributed by atoms with Gasteiger partial charge in [0.2, 0.25) is 5.91 Å². The molecule has 160 valence electrons. The molecule has 1 saturated carbocycles. The first-order chi connectivity index (χ1) is 14.4. The van der Waals surface area contributed by atoms with E-state index in [2.05, 4.69) is 15.6 Å². The summed E-state index contributed by atoms with van der Waals surface area (Å²) in [7, 11) is 0. The summed E-state index contributed by atoms with van der Waals surface area (Å²) in [6, 6.07) is 7.51. The molecule has 1 fully saturated rings. The van der Waals surface area contributed by atoms with Gasteiger partial charge in [-0.05, 0) is 49.9 Å². The van der Waals surface area contributed by atoms with Crippen LogP contribution in [0.2, 0.25) is 10.0 Å². The Labute approximate surface area is 184 Å². The van der Waals surface area contributed by atoms with E-state index >= 15 is 0 Å². The van der Waals surface area contributed by atoms with Crippen LogP contribution in [-0.4, -0.2) is 29.4 Å². The third kappa shape index (κ3) is 6.57. The number of amides is 2. The molecule has 1 heterocycles. The van der Waals surface area contributed by atoms with Crippen molar-refractivity contribution in [1.82, 2.24) is 15.6 Å². The van der Waals surface area contributed by atoms with E-state index < -0.39 is 5.82 Å². The number of benzene rings is 1. The Morgan fingerprint density at radius 2 is 1.90 bits per heavy atom. The van der Waals surface area contributed by atoms with Gasteiger partial charge in [0.25, 0.3) is 5.91 Å². The molecule has 6 nitrogen and oxygen atoms in total. The normalized spacial score (nSPS) is 18.5. The molecule has 2 N–H and O–H groups in total. The van der Waals surface area contributed by atoms with E-state index in [1.54, 1.807) is 18.3 Å². The molecule has 2 aromatic rings. The highest BCUT2D eigenvalue weighted by molar-refractivity contribution is 6.30. The summed E-state index contributed by atoms with van der Waals surface area (Å²) in [4.78, 5) is 28.6. The van der Waals surface area contributed by atoms with Crippen molar-refractivity contribution in [3.63, 3.8) is 0 Å². The van der Waals surface area contributed by atoms with E-state index in [-0.39, 0.29) is 41.2 Å². The number of aromatic nitrogens is 1. The van der Waals surface area contributed by atoms with Gasteiger partial charge in [-0.15, -0.1) is 0 Å². The number of hydrogen-bond donors (Lipinski definition) is 2. The summed E-state index contributed by atoms with van der Waals surface area (Å²) in [5.74, 6) is -0.740. The van der Waals surface area contributed by atoms with E-state index in [4.69, 9.17) is 27.9 Å². The second kappa shape index (κ2) is 10.6. The molecule has 0 aliphatic heterocycles. The maximum atomic E-state index is 13.4. The van der Waals surface area contributed by atoms with Gasteiger partial charge in [0, 0.05) is 24.2 Å². The molecule has 0 unspecified atom stereocenters. The minimum atomic E-state index is -0.599. The zero-order valence-corrected chi connectivity index (χ0v) is 17.7. The average Bonchev–Trinajstić information content (AvgIpc) is 2.74. The molecule has 0 atom stereocenters. The summed E-state index contributed by atoms with van der Waals surface area (Å²) in [6.07, 6.45) is 4.34. The van der Waals surface area contributed by atoms with Gasteiger partial charge in [-0.25, -0.2) is 4.39 Å². The highest BCUT2D eigenvalue weighted by Crippen LogP contribution is 2.25. The molecule has 2 amide bonds. The van der Waals surface area contributed by atoms with E-state index in [0.717, 1.165) is 11.8 Å². The monoisotopic (exact) mass is 453 g/mol. The zero-order chi connectivity index (χ0) is 21.5. The Kier molecular flexibility index (Phi) is 7.87. The summed E-state index contributed by atoms with van der Waals surface area (Å²) in [5, 5.41) is 6.35. The number of ether oxygens (including phenoxy) is 1. The van der Waals surface area contributed by atoms with Gasteiger partial charge in [-0.2, -0.15) is 0 Å². The molecular formula is C21H22Cl2FN3O3. The average molecular weight is 454 g/mol. The van der Waals surface area contributed by atoms with E-state index in [0.29, 0.717) is 37.3 Å². The Hall–Kier alpha value is -2.38. The Balaban J connectivity index is 1.36. The van der Waals surface area contributed by atoms with Crippen LogP contribution in [0, 0.1) is 11.7 Å². The van der Waals surface area contributed by atoms with Crippen LogP contribution >= 0.6 is 23.2 Å². The van der Waals surface area contributed by atoms with Gasteiger partial charge < -0.3 is 15.4 Å². The second-order valence-corrected chi connectivity index (χ2v) is 8.01. The molecule has 0 radical (unpaired) electrons. The van der Waals surface area contributed by atoms with Gasteiger partial charge in [-0.3, -0.25) is 14.6 Å². The van der Waals surface area contributed by atoms with Crippen molar-refractivity contribution >= 4 is 35.0 Å². The maximum Gasteiger partial charge on any atom is 0.258 e. The van der Waals surface area contributed by atoms with Crippen molar-refractivity contribution in [2.24, 2.45) is 5.92 Å². The molecule has 3 rings (SSSR count). The van der Waals surface area contributed by atoms with Gasteiger partial charge in [0.05, 0.1) is 22.3 Å². The Morgan fingerprint density at radius 1 is 1.13 bits per heavy atom. The van der Waals surface area contributed by atoms with Crippen molar-refractivity contribution in [2.75, 3.05) is 6.61 Å². The maximum absolute atomic E-state index is 13.4. The fraction of sp³-hybridized carbons (Fsp3) is 0.381. The molecular weight excluding hydrogens is 432 g/mol. The fourth-order valence-electron chi connectivity index (χ4n) is 3.32. The SMILES string of the molecule is O=C(COc1ccc(Cl)c(F)c1)NC1CCC(C(=O)NCc2ccc(Cl)cn2)CC1. The number of nitrogens with zero attached hydrogens (tertiary/aromatic N) is 1. The van der Waals surface area contributed by atoms with Crippen LogP contribution in [0.15, 0.2) is 36.5 Å². The van der Waals surface area contributed by atoms with Crippen molar-refractivity contribution in [2.45, 2.75) is 38.3 Å². The number of carbonyl (C=O) groups is 2. The highest BCUT2D eigenvalue weighted by atomic mass is 35.5. The number of rotatable bonds is 7. The molecule has 0 bridgehead atoms. The molecule has 1 aromatic heterocycles. The van der Waals surface area contributed by atoms with Gasteiger partial charge in [0.1, 0.15) is 11.6 Å². The van der Waals surface area contributed by atoms with Crippen molar-refractivity contribution < 1.29 is 18.7 Å². The first kappa shape index (κ1) is 22.3. The summed E-state index contributed by atoms with van der Waals surface area (Å²) >= 11 is 11.4. The first-order valence-electron chi connectivity index (χ1n) is 9.66. The third-order valence-electron chi connectivity index (χ3n) is 4.96. The van der Waals surface area contributed by atoms with Crippen molar-refractivity contribution in [1.29, 1.82) is 0 Å². The van der Waals surface area contributed by atoms with Gasteiger partial charge >= 0.3 is 0 Å². The zero-order valence-electron chi connectivity index (χ0n) is 16.2. The van der Waals surface area contributed by atoms with Gasteiger partial charge in [0.15, 0.2) is 6.61 Å². The van der Waals surface area contributed by atoms with Crippen LogP contribution in [-0.2, 0) is 16.1 Å². The third-order valence-corrected chi connectivity index (χ3v) is 5.49. The minimum Gasteiger partial charge on any atom is -0.484 e. The number of carbonyl (C=O) groups excluding carboxylic acids is 2. The molecule has 9 heteroatoms. The van der Waals surface area contributed by atoms with Crippen molar-refractivity contribution in [3.8, 4) is 5.75 Å². The second-order valence-electron chi connectivity index (χ2n) is 7.17. The molecule has 1 aromatic carbocycles. The number of nitrogens with one attached hydrogen (secondary N) is 2. The van der Waals surface area contributed by atoms with Crippen LogP contribution < -0.4 is 15.4 Å². The lowest BCUT2D eigenvalue weighted by Crippen LogP contribution is -2.42. The quantitative estimate of drug-likeness (QED) is 0.665. The lowest BCUT2D eigenvalue weighted by molar-refractivity contribution is -0.126. The van der Waals surface area contributed by atoms with E-state index in [1.807, 2.05) is 0 Å². The predicted molar refractivity (Wildman–Crippen MR) is 112 cm³/mol. The van der Waals surface area contributed by atoms with Crippen LogP contribution in [0.25, 0.3) is 0 Å². The molecule has 0 spiro atoms. The Bertz CT molecular complexity index is 888. The van der Waals surface area contributed by atoms with Crippen molar-refractivity contribution in [3.05, 3.63) is 58.1 Å². The fourth-order valence-corrected chi connectivity index (χ4v) is 3.55. The largest absolute Gasteiger partial charge is 0.484 e. The lowest BCUT2D eigenvalue weighted by Gasteiger charge is -2.28. The molecule has 30 heavy (non-hydrogen) atoms. The first-order valence-corrected chi connectivity index (χ1v) is 10.4. The van der Waals surface area contributed by atoms with Crippen LogP contribution in [0.4, 0.5) is 4.39 Å². The number of halogens is 3.